The van der Waals surface area contributed by atoms with E-state index < -0.39 is 0 Å². The first-order valence-corrected chi connectivity index (χ1v) is 10.1. The molecule has 5 nitrogen and oxygen atoms in total. The Kier molecular flexibility index (Phi) is 7.06. The molecule has 0 radical (unpaired) electrons. The van der Waals surface area contributed by atoms with Crippen molar-refractivity contribution in [2.45, 2.75) is 57.9 Å². The van der Waals surface area contributed by atoms with Gasteiger partial charge in [-0.05, 0) is 62.4 Å². The molecule has 0 aromatic heterocycles. The molecule has 1 aliphatic heterocycles. The van der Waals surface area contributed by atoms with Crippen molar-refractivity contribution >= 4 is 17.5 Å². The average Bonchev–Trinajstić information content (AvgIpc) is 3.19. The lowest BCUT2D eigenvalue weighted by Crippen LogP contribution is -2.25. The monoisotopic (exact) mass is 357 g/mol. The summed E-state index contributed by atoms with van der Waals surface area (Å²) in [4.78, 5) is 24.4. The number of benzene rings is 1. The Balaban J connectivity index is 1.42. The highest BCUT2D eigenvalue weighted by atomic mass is 16.2. The molecule has 0 bridgehead atoms. The second-order valence-electron chi connectivity index (χ2n) is 7.70. The van der Waals surface area contributed by atoms with E-state index in [1.807, 2.05) is 24.3 Å². The van der Waals surface area contributed by atoms with Crippen molar-refractivity contribution in [3.05, 3.63) is 29.8 Å². The summed E-state index contributed by atoms with van der Waals surface area (Å²) in [5.41, 5.74) is 1.84. The molecule has 1 saturated heterocycles. The van der Waals surface area contributed by atoms with Crippen LogP contribution in [-0.4, -0.2) is 24.9 Å². The molecule has 3 N–H and O–H groups in total. The SMILES string of the molecule is O=C(CCC1CCNC1)NCc1cccc(NC(=O)C2CCCCC2)c1. The molecule has 2 amide bonds. The standard InChI is InChI=1S/C21H31N3O2/c25-20(10-9-16-11-12-22-14-16)23-15-17-5-4-8-19(13-17)24-21(26)18-6-2-1-3-7-18/h4-5,8,13,16,18,22H,1-3,6-7,9-12,14-15H2,(H,23,25)(H,24,26). The molecular formula is C21H31N3O2. The lowest BCUT2D eigenvalue weighted by atomic mass is 9.88. The molecule has 2 aliphatic rings. The summed E-state index contributed by atoms with van der Waals surface area (Å²) in [6.45, 7) is 2.62. The van der Waals surface area contributed by atoms with Gasteiger partial charge in [-0.3, -0.25) is 9.59 Å². The van der Waals surface area contributed by atoms with Crippen LogP contribution >= 0.6 is 0 Å². The smallest absolute Gasteiger partial charge is 0.227 e. The lowest BCUT2D eigenvalue weighted by Gasteiger charge is -2.20. The van der Waals surface area contributed by atoms with E-state index in [0.717, 1.165) is 56.4 Å². The number of nitrogens with one attached hydrogen (secondary N) is 3. The molecule has 1 heterocycles. The van der Waals surface area contributed by atoms with Gasteiger partial charge in [0.25, 0.3) is 0 Å². The van der Waals surface area contributed by atoms with E-state index >= 15 is 0 Å². The van der Waals surface area contributed by atoms with Gasteiger partial charge in [-0.1, -0.05) is 31.4 Å². The van der Waals surface area contributed by atoms with Crippen molar-refractivity contribution in [1.82, 2.24) is 10.6 Å². The van der Waals surface area contributed by atoms with Crippen molar-refractivity contribution in [1.29, 1.82) is 0 Å². The van der Waals surface area contributed by atoms with Crippen molar-refractivity contribution in [2.24, 2.45) is 11.8 Å². The van der Waals surface area contributed by atoms with Gasteiger partial charge in [0.2, 0.25) is 11.8 Å². The van der Waals surface area contributed by atoms with E-state index in [4.69, 9.17) is 0 Å². The Morgan fingerprint density at radius 3 is 2.73 bits per heavy atom. The molecule has 0 spiro atoms. The van der Waals surface area contributed by atoms with Gasteiger partial charge >= 0.3 is 0 Å². The van der Waals surface area contributed by atoms with Crippen molar-refractivity contribution in [2.75, 3.05) is 18.4 Å². The Bertz CT molecular complexity index is 605. The van der Waals surface area contributed by atoms with Crippen LogP contribution in [0.15, 0.2) is 24.3 Å². The number of amides is 2. The first kappa shape index (κ1) is 18.9. The highest BCUT2D eigenvalue weighted by Crippen LogP contribution is 2.25. The minimum Gasteiger partial charge on any atom is -0.352 e. The molecule has 1 aromatic carbocycles. The molecule has 1 unspecified atom stereocenters. The Morgan fingerprint density at radius 1 is 1.12 bits per heavy atom. The Morgan fingerprint density at radius 2 is 1.96 bits per heavy atom. The summed E-state index contributed by atoms with van der Waals surface area (Å²) in [7, 11) is 0. The molecule has 1 saturated carbocycles. The molecule has 2 fully saturated rings. The van der Waals surface area contributed by atoms with E-state index in [9.17, 15) is 9.59 Å². The maximum absolute atomic E-state index is 12.4. The fraction of sp³-hybridized carbons (Fsp3) is 0.619. The molecule has 1 aliphatic carbocycles. The van der Waals surface area contributed by atoms with Gasteiger partial charge < -0.3 is 16.0 Å². The molecule has 1 atom stereocenters. The molecule has 3 rings (SSSR count). The van der Waals surface area contributed by atoms with Gasteiger partial charge in [0, 0.05) is 24.6 Å². The molecule has 26 heavy (non-hydrogen) atoms. The zero-order chi connectivity index (χ0) is 18.2. The predicted molar refractivity (Wildman–Crippen MR) is 104 cm³/mol. The highest BCUT2D eigenvalue weighted by Gasteiger charge is 2.21. The molecule has 5 heteroatoms. The van der Waals surface area contributed by atoms with E-state index in [1.165, 1.54) is 12.8 Å². The van der Waals surface area contributed by atoms with Crippen molar-refractivity contribution < 1.29 is 9.59 Å². The van der Waals surface area contributed by atoms with Crippen molar-refractivity contribution in [3.8, 4) is 0 Å². The number of carbonyl (C=O) groups excluding carboxylic acids is 2. The highest BCUT2D eigenvalue weighted by molar-refractivity contribution is 5.92. The number of carbonyl (C=O) groups is 2. The third-order valence-electron chi connectivity index (χ3n) is 5.60. The fourth-order valence-corrected chi connectivity index (χ4v) is 3.95. The normalized spacial score (nSPS) is 20.7. The van der Waals surface area contributed by atoms with Crippen LogP contribution in [0.1, 0.15) is 56.9 Å². The Labute approximate surface area is 156 Å². The quantitative estimate of drug-likeness (QED) is 0.702. The summed E-state index contributed by atoms with van der Waals surface area (Å²) in [6.07, 6.45) is 8.27. The van der Waals surface area contributed by atoms with Crippen molar-refractivity contribution in [3.63, 3.8) is 0 Å². The van der Waals surface area contributed by atoms with Crippen LogP contribution in [0.2, 0.25) is 0 Å². The van der Waals surface area contributed by atoms with Crippen LogP contribution < -0.4 is 16.0 Å². The number of hydrogen-bond donors (Lipinski definition) is 3. The lowest BCUT2D eigenvalue weighted by molar-refractivity contribution is -0.122. The molecular weight excluding hydrogens is 326 g/mol. The average molecular weight is 357 g/mol. The zero-order valence-electron chi connectivity index (χ0n) is 15.6. The second-order valence-corrected chi connectivity index (χ2v) is 7.70. The first-order valence-electron chi connectivity index (χ1n) is 10.1. The third kappa shape index (κ3) is 5.84. The number of anilines is 1. The zero-order valence-corrected chi connectivity index (χ0v) is 15.6. The largest absolute Gasteiger partial charge is 0.352 e. The summed E-state index contributed by atoms with van der Waals surface area (Å²) in [5.74, 6) is 1.03. The molecule has 1 aromatic rings. The van der Waals surface area contributed by atoms with Crippen LogP contribution in [0.3, 0.4) is 0 Å². The maximum atomic E-state index is 12.4. The summed E-state index contributed by atoms with van der Waals surface area (Å²) in [6, 6.07) is 7.79. The van der Waals surface area contributed by atoms with Gasteiger partial charge in [0.1, 0.15) is 0 Å². The summed E-state index contributed by atoms with van der Waals surface area (Å²) >= 11 is 0. The topological polar surface area (TPSA) is 70.2 Å². The number of hydrogen-bond acceptors (Lipinski definition) is 3. The van der Waals surface area contributed by atoms with Crippen LogP contribution in [-0.2, 0) is 16.1 Å². The fourth-order valence-electron chi connectivity index (χ4n) is 3.95. The van der Waals surface area contributed by atoms with Crippen LogP contribution in [0, 0.1) is 11.8 Å². The van der Waals surface area contributed by atoms with E-state index in [-0.39, 0.29) is 17.7 Å². The van der Waals surface area contributed by atoms with Gasteiger partial charge in [0.15, 0.2) is 0 Å². The number of rotatable bonds is 7. The minimum atomic E-state index is 0.105. The third-order valence-corrected chi connectivity index (χ3v) is 5.60. The van der Waals surface area contributed by atoms with Gasteiger partial charge in [-0.25, -0.2) is 0 Å². The Hall–Kier alpha value is -1.88. The van der Waals surface area contributed by atoms with E-state index in [2.05, 4.69) is 16.0 Å². The van der Waals surface area contributed by atoms with Gasteiger partial charge in [0.05, 0.1) is 0 Å². The van der Waals surface area contributed by atoms with Gasteiger partial charge in [-0.15, -0.1) is 0 Å². The van der Waals surface area contributed by atoms with Crippen LogP contribution in [0.25, 0.3) is 0 Å². The predicted octanol–water partition coefficient (Wildman–Crippen LogP) is 3.21. The molecule has 142 valence electrons. The first-order chi connectivity index (χ1) is 12.7. The van der Waals surface area contributed by atoms with E-state index in [0.29, 0.717) is 18.9 Å². The van der Waals surface area contributed by atoms with Crippen LogP contribution in [0.5, 0.6) is 0 Å². The maximum Gasteiger partial charge on any atom is 0.227 e. The second kappa shape index (κ2) is 9.72. The van der Waals surface area contributed by atoms with Gasteiger partial charge in [-0.2, -0.15) is 0 Å². The summed E-state index contributed by atoms with van der Waals surface area (Å²) in [5, 5.41) is 9.37. The van der Waals surface area contributed by atoms with Crippen LogP contribution in [0.4, 0.5) is 5.69 Å². The minimum absolute atomic E-state index is 0.105. The summed E-state index contributed by atoms with van der Waals surface area (Å²) < 4.78 is 0. The van der Waals surface area contributed by atoms with E-state index in [1.54, 1.807) is 0 Å².